The summed E-state index contributed by atoms with van der Waals surface area (Å²) in [4.78, 5) is 27.7. The largest absolute Gasteiger partial charge is 0.369 e. The van der Waals surface area contributed by atoms with Crippen LogP contribution in [0.2, 0.25) is 0 Å². The van der Waals surface area contributed by atoms with Gasteiger partial charge in [-0.15, -0.1) is 0 Å². The molecule has 1 aliphatic rings. The summed E-state index contributed by atoms with van der Waals surface area (Å²) < 4.78 is 5.70. The van der Waals surface area contributed by atoms with Crippen molar-refractivity contribution in [1.29, 1.82) is 0 Å². The van der Waals surface area contributed by atoms with E-state index < -0.39 is 6.10 Å². The van der Waals surface area contributed by atoms with Crippen LogP contribution in [0.25, 0.3) is 0 Å². The number of hydrogen-bond acceptors (Lipinski definition) is 4. The first-order valence-electron chi connectivity index (χ1n) is 8.07. The molecule has 0 aliphatic carbocycles. The standard InChI is InChI=1S/C17H25N3O3/c1-2-23-16(14-7-4-3-5-8-14)17(22)20-10-6-9-19(11-12-20)13-15(18)21/h3-5,7-8,16H,2,6,9-13H2,1H3,(H2,18,21)/t16-/m0/s1. The smallest absolute Gasteiger partial charge is 0.256 e. The van der Waals surface area contributed by atoms with Crippen molar-refractivity contribution in [2.45, 2.75) is 19.4 Å². The average molecular weight is 319 g/mol. The number of nitrogens with two attached hydrogens (primary N) is 1. The number of carbonyl (C=O) groups excluding carboxylic acids is 2. The Balaban J connectivity index is 2.03. The first kappa shape index (κ1) is 17.4. The minimum Gasteiger partial charge on any atom is -0.369 e. The predicted octanol–water partition coefficient (Wildman–Crippen LogP) is 0.784. The van der Waals surface area contributed by atoms with E-state index in [9.17, 15) is 9.59 Å². The number of ether oxygens (including phenoxy) is 1. The summed E-state index contributed by atoms with van der Waals surface area (Å²) in [5.41, 5.74) is 6.12. The Bertz CT molecular complexity index is 521. The van der Waals surface area contributed by atoms with E-state index in [4.69, 9.17) is 10.5 Å². The van der Waals surface area contributed by atoms with Gasteiger partial charge in [0.15, 0.2) is 6.10 Å². The molecule has 0 spiro atoms. The van der Waals surface area contributed by atoms with Crippen LogP contribution in [0, 0.1) is 0 Å². The molecule has 2 N–H and O–H groups in total. The Labute approximate surface area is 137 Å². The minimum absolute atomic E-state index is 0.0148. The van der Waals surface area contributed by atoms with Gasteiger partial charge >= 0.3 is 0 Å². The number of benzene rings is 1. The van der Waals surface area contributed by atoms with E-state index in [-0.39, 0.29) is 18.4 Å². The van der Waals surface area contributed by atoms with Gasteiger partial charge < -0.3 is 15.4 Å². The van der Waals surface area contributed by atoms with Gasteiger partial charge in [-0.1, -0.05) is 30.3 Å². The summed E-state index contributed by atoms with van der Waals surface area (Å²) in [5.74, 6) is -0.347. The fourth-order valence-electron chi connectivity index (χ4n) is 2.84. The molecule has 1 aromatic rings. The lowest BCUT2D eigenvalue weighted by molar-refractivity contribution is -0.143. The summed E-state index contributed by atoms with van der Waals surface area (Å²) in [5, 5.41) is 0. The van der Waals surface area contributed by atoms with Crippen LogP contribution < -0.4 is 5.73 Å². The molecule has 0 bridgehead atoms. The van der Waals surface area contributed by atoms with E-state index in [1.165, 1.54) is 0 Å². The molecular weight excluding hydrogens is 294 g/mol. The van der Waals surface area contributed by atoms with Crippen molar-refractivity contribution in [2.75, 3.05) is 39.3 Å². The molecule has 2 rings (SSSR count). The molecule has 1 aromatic carbocycles. The molecule has 6 heteroatoms. The molecule has 1 atom stereocenters. The van der Waals surface area contributed by atoms with E-state index in [0.717, 1.165) is 18.5 Å². The molecule has 2 amide bonds. The third-order valence-electron chi connectivity index (χ3n) is 3.94. The highest BCUT2D eigenvalue weighted by atomic mass is 16.5. The van der Waals surface area contributed by atoms with Crippen molar-refractivity contribution in [2.24, 2.45) is 5.73 Å². The second-order valence-corrected chi connectivity index (χ2v) is 5.67. The summed E-state index contributed by atoms with van der Waals surface area (Å²) in [6.07, 6.45) is 0.260. The van der Waals surface area contributed by atoms with Gasteiger partial charge in [-0.2, -0.15) is 0 Å². The molecular formula is C17H25N3O3. The SMILES string of the molecule is CCO[C@H](C(=O)N1CCCN(CC(N)=O)CC1)c1ccccc1. The van der Waals surface area contributed by atoms with Crippen molar-refractivity contribution in [1.82, 2.24) is 9.80 Å². The van der Waals surface area contributed by atoms with Crippen molar-refractivity contribution in [3.05, 3.63) is 35.9 Å². The fraction of sp³-hybridized carbons (Fsp3) is 0.529. The Morgan fingerprint density at radius 3 is 2.57 bits per heavy atom. The van der Waals surface area contributed by atoms with Crippen LogP contribution in [0.4, 0.5) is 0 Å². The highest BCUT2D eigenvalue weighted by Gasteiger charge is 2.28. The van der Waals surface area contributed by atoms with Crippen LogP contribution in [0.5, 0.6) is 0 Å². The van der Waals surface area contributed by atoms with Gasteiger partial charge in [-0.05, 0) is 18.9 Å². The Morgan fingerprint density at radius 1 is 1.17 bits per heavy atom. The van der Waals surface area contributed by atoms with E-state index in [2.05, 4.69) is 0 Å². The maximum atomic E-state index is 12.9. The summed E-state index contributed by atoms with van der Waals surface area (Å²) >= 11 is 0. The number of hydrogen-bond donors (Lipinski definition) is 1. The second kappa shape index (κ2) is 8.64. The number of carbonyl (C=O) groups is 2. The topological polar surface area (TPSA) is 75.9 Å². The molecule has 23 heavy (non-hydrogen) atoms. The Kier molecular flexibility index (Phi) is 6.55. The number of rotatable bonds is 6. The maximum Gasteiger partial charge on any atom is 0.256 e. The van der Waals surface area contributed by atoms with Crippen molar-refractivity contribution >= 4 is 11.8 Å². The lowest BCUT2D eigenvalue weighted by Crippen LogP contribution is -2.40. The highest BCUT2D eigenvalue weighted by molar-refractivity contribution is 5.82. The van der Waals surface area contributed by atoms with Gasteiger partial charge in [-0.3, -0.25) is 14.5 Å². The zero-order valence-corrected chi connectivity index (χ0v) is 13.6. The second-order valence-electron chi connectivity index (χ2n) is 5.67. The quantitative estimate of drug-likeness (QED) is 0.841. The zero-order valence-electron chi connectivity index (χ0n) is 13.6. The summed E-state index contributed by atoms with van der Waals surface area (Å²) in [6, 6.07) is 9.56. The third kappa shape index (κ3) is 5.04. The lowest BCUT2D eigenvalue weighted by Gasteiger charge is -2.26. The summed E-state index contributed by atoms with van der Waals surface area (Å²) in [7, 11) is 0. The first-order chi connectivity index (χ1) is 11.1. The Morgan fingerprint density at radius 2 is 1.91 bits per heavy atom. The zero-order chi connectivity index (χ0) is 16.7. The minimum atomic E-state index is -0.566. The number of primary amides is 1. The molecule has 0 radical (unpaired) electrons. The van der Waals surface area contributed by atoms with Crippen LogP contribution in [0.1, 0.15) is 25.0 Å². The van der Waals surface area contributed by atoms with Crippen LogP contribution in [0.3, 0.4) is 0 Å². The monoisotopic (exact) mass is 319 g/mol. The van der Waals surface area contributed by atoms with Crippen LogP contribution >= 0.6 is 0 Å². The van der Waals surface area contributed by atoms with Gasteiger partial charge in [0.2, 0.25) is 5.91 Å². The van der Waals surface area contributed by atoms with Gasteiger partial charge in [0.1, 0.15) is 0 Å². The normalized spacial score (nSPS) is 17.5. The number of nitrogens with zero attached hydrogens (tertiary/aromatic N) is 2. The van der Waals surface area contributed by atoms with Crippen molar-refractivity contribution < 1.29 is 14.3 Å². The van der Waals surface area contributed by atoms with Crippen LogP contribution in [-0.2, 0) is 14.3 Å². The van der Waals surface area contributed by atoms with Gasteiger partial charge in [0.25, 0.3) is 5.91 Å². The maximum absolute atomic E-state index is 12.9. The average Bonchev–Trinajstić information content (AvgIpc) is 2.78. The first-order valence-corrected chi connectivity index (χ1v) is 8.07. The number of amides is 2. The molecule has 0 unspecified atom stereocenters. The molecule has 1 fully saturated rings. The van der Waals surface area contributed by atoms with E-state index in [1.54, 1.807) is 0 Å². The fourth-order valence-corrected chi connectivity index (χ4v) is 2.84. The predicted molar refractivity (Wildman–Crippen MR) is 87.6 cm³/mol. The molecule has 6 nitrogen and oxygen atoms in total. The molecule has 1 heterocycles. The van der Waals surface area contributed by atoms with Crippen molar-refractivity contribution in [3.63, 3.8) is 0 Å². The van der Waals surface area contributed by atoms with E-state index in [0.29, 0.717) is 26.2 Å². The molecule has 1 saturated heterocycles. The Hall–Kier alpha value is -1.92. The van der Waals surface area contributed by atoms with Gasteiger partial charge in [0.05, 0.1) is 6.54 Å². The van der Waals surface area contributed by atoms with E-state index >= 15 is 0 Å². The van der Waals surface area contributed by atoms with Crippen LogP contribution in [0.15, 0.2) is 30.3 Å². The van der Waals surface area contributed by atoms with Crippen molar-refractivity contribution in [3.8, 4) is 0 Å². The molecule has 126 valence electrons. The summed E-state index contributed by atoms with van der Waals surface area (Å²) in [6.45, 7) is 5.30. The highest BCUT2D eigenvalue weighted by Crippen LogP contribution is 2.21. The van der Waals surface area contributed by atoms with E-state index in [1.807, 2.05) is 47.1 Å². The van der Waals surface area contributed by atoms with Gasteiger partial charge in [-0.25, -0.2) is 0 Å². The lowest BCUT2D eigenvalue weighted by atomic mass is 10.1. The van der Waals surface area contributed by atoms with Gasteiger partial charge in [0, 0.05) is 32.8 Å². The molecule has 0 saturated carbocycles. The molecule has 0 aromatic heterocycles. The van der Waals surface area contributed by atoms with Crippen LogP contribution in [-0.4, -0.2) is 60.9 Å². The molecule has 1 aliphatic heterocycles. The third-order valence-corrected chi connectivity index (χ3v) is 3.94.